The van der Waals surface area contributed by atoms with Crippen LogP contribution in [0, 0.1) is 18.3 Å². The molecule has 0 spiro atoms. The maximum absolute atomic E-state index is 13.6. The lowest BCUT2D eigenvalue weighted by Crippen LogP contribution is -2.17. The van der Waals surface area contributed by atoms with Crippen LogP contribution in [0.5, 0.6) is 17.2 Å². The summed E-state index contributed by atoms with van der Waals surface area (Å²) in [7, 11) is 1.32. The van der Waals surface area contributed by atoms with Gasteiger partial charge in [-0.25, -0.2) is 0 Å². The van der Waals surface area contributed by atoms with Gasteiger partial charge in [0.05, 0.1) is 34.9 Å². The topological polar surface area (TPSA) is 71.3 Å². The van der Waals surface area contributed by atoms with Crippen LogP contribution in [0.3, 0.4) is 0 Å². The number of nitriles is 1. The molecule has 0 aliphatic carbocycles. The van der Waals surface area contributed by atoms with Gasteiger partial charge < -0.3 is 14.8 Å². The van der Waals surface area contributed by atoms with E-state index in [0.717, 1.165) is 0 Å². The average molecular weight is 461 g/mol. The minimum absolute atomic E-state index is 0.0232. The number of anilines is 1. The maximum Gasteiger partial charge on any atom is 0.417 e. The quantitative estimate of drug-likeness (QED) is 0.466. The molecule has 9 heteroatoms. The summed E-state index contributed by atoms with van der Waals surface area (Å²) in [4.78, 5) is 13.0. The van der Waals surface area contributed by atoms with Crippen molar-refractivity contribution < 1.29 is 27.4 Å². The molecule has 5 nitrogen and oxygen atoms in total. The average Bonchev–Trinajstić information content (AvgIpc) is 2.76. The summed E-state index contributed by atoms with van der Waals surface area (Å²) in [6.45, 7) is 1.31. The molecular formula is C23H16ClF3N2O3. The van der Waals surface area contributed by atoms with E-state index in [1.54, 1.807) is 30.3 Å². The van der Waals surface area contributed by atoms with Crippen LogP contribution in [-0.4, -0.2) is 13.0 Å². The number of hydrogen-bond donors (Lipinski definition) is 1. The molecule has 0 unspecified atom stereocenters. The summed E-state index contributed by atoms with van der Waals surface area (Å²) in [6.07, 6.45) is -4.77. The minimum atomic E-state index is -4.77. The number of nitrogens with zero attached hydrogens (tertiary/aromatic N) is 1. The minimum Gasteiger partial charge on any atom is -0.493 e. The SMILES string of the molecule is COc1cc(C#N)ccc1Oc1cc(C(F)(F)F)c(Cl)c(C)c1C(=O)Nc1ccccc1. The zero-order valence-electron chi connectivity index (χ0n) is 16.9. The Kier molecular flexibility index (Phi) is 6.61. The zero-order chi connectivity index (χ0) is 23.5. The van der Waals surface area contributed by atoms with Gasteiger partial charge in [0.25, 0.3) is 5.91 Å². The van der Waals surface area contributed by atoms with Crippen LogP contribution >= 0.6 is 11.6 Å². The highest BCUT2D eigenvalue weighted by molar-refractivity contribution is 6.33. The number of para-hydroxylation sites is 1. The molecule has 0 atom stereocenters. The summed E-state index contributed by atoms with van der Waals surface area (Å²) in [5, 5.41) is 11.1. The lowest BCUT2D eigenvalue weighted by Gasteiger charge is -2.19. The monoisotopic (exact) mass is 460 g/mol. The van der Waals surface area contributed by atoms with Crippen molar-refractivity contribution in [2.24, 2.45) is 0 Å². The largest absolute Gasteiger partial charge is 0.493 e. The van der Waals surface area contributed by atoms with Crippen LogP contribution in [0.15, 0.2) is 54.6 Å². The van der Waals surface area contributed by atoms with Gasteiger partial charge in [0.15, 0.2) is 11.5 Å². The first-order valence-corrected chi connectivity index (χ1v) is 9.56. The predicted molar refractivity (Wildman–Crippen MR) is 113 cm³/mol. The molecule has 0 heterocycles. The highest BCUT2D eigenvalue weighted by atomic mass is 35.5. The maximum atomic E-state index is 13.6. The molecule has 3 aromatic carbocycles. The van der Waals surface area contributed by atoms with Crippen LogP contribution in [-0.2, 0) is 6.18 Å². The van der Waals surface area contributed by atoms with E-state index in [4.69, 9.17) is 26.3 Å². The van der Waals surface area contributed by atoms with Crippen molar-refractivity contribution in [3.63, 3.8) is 0 Å². The molecule has 0 radical (unpaired) electrons. The molecule has 0 aromatic heterocycles. The van der Waals surface area contributed by atoms with Gasteiger partial charge in [-0.1, -0.05) is 29.8 Å². The number of carbonyl (C=O) groups excluding carboxylic acids is 1. The van der Waals surface area contributed by atoms with Crippen LogP contribution in [0.2, 0.25) is 5.02 Å². The molecule has 3 aromatic rings. The molecule has 32 heavy (non-hydrogen) atoms. The van der Waals surface area contributed by atoms with Crippen molar-refractivity contribution in [1.29, 1.82) is 5.26 Å². The van der Waals surface area contributed by atoms with E-state index in [1.807, 2.05) is 6.07 Å². The van der Waals surface area contributed by atoms with Gasteiger partial charge in [-0.3, -0.25) is 4.79 Å². The van der Waals surface area contributed by atoms with Gasteiger partial charge in [0.2, 0.25) is 0 Å². The molecule has 0 saturated heterocycles. The summed E-state index contributed by atoms with van der Waals surface area (Å²) in [5.41, 5.74) is -0.708. The van der Waals surface area contributed by atoms with Gasteiger partial charge in [-0.15, -0.1) is 0 Å². The molecule has 1 N–H and O–H groups in total. The number of alkyl halides is 3. The van der Waals surface area contributed by atoms with Crippen LogP contribution in [0.25, 0.3) is 0 Å². The van der Waals surface area contributed by atoms with E-state index < -0.39 is 22.7 Å². The Morgan fingerprint density at radius 2 is 1.75 bits per heavy atom. The summed E-state index contributed by atoms with van der Waals surface area (Å²) in [6, 6.07) is 15.1. The Morgan fingerprint density at radius 3 is 2.34 bits per heavy atom. The molecular weight excluding hydrogens is 445 g/mol. The van der Waals surface area contributed by atoms with Crippen molar-refractivity contribution in [1.82, 2.24) is 0 Å². The lowest BCUT2D eigenvalue weighted by molar-refractivity contribution is -0.137. The van der Waals surface area contributed by atoms with Gasteiger partial charge in [0, 0.05) is 11.8 Å². The first-order chi connectivity index (χ1) is 15.2. The molecule has 164 valence electrons. The number of rotatable bonds is 5. The van der Waals surface area contributed by atoms with E-state index in [1.165, 1.54) is 32.2 Å². The van der Waals surface area contributed by atoms with Gasteiger partial charge in [-0.05, 0) is 42.8 Å². The first-order valence-electron chi connectivity index (χ1n) is 9.18. The zero-order valence-corrected chi connectivity index (χ0v) is 17.6. The van der Waals surface area contributed by atoms with E-state index in [2.05, 4.69) is 5.32 Å². The number of nitrogens with one attached hydrogen (secondary N) is 1. The van der Waals surface area contributed by atoms with Crippen molar-refractivity contribution in [3.8, 4) is 23.3 Å². The highest BCUT2D eigenvalue weighted by Gasteiger charge is 2.37. The summed E-state index contributed by atoms with van der Waals surface area (Å²) < 4.78 is 51.6. The van der Waals surface area contributed by atoms with Gasteiger partial charge in [0.1, 0.15) is 5.75 Å². The normalized spacial score (nSPS) is 10.9. The van der Waals surface area contributed by atoms with Crippen molar-refractivity contribution in [2.75, 3.05) is 12.4 Å². The fraction of sp³-hybridized carbons (Fsp3) is 0.130. The number of carbonyl (C=O) groups is 1. The number of benzene rings is 3. The first kappa shape index (κ1) is 23.0. The molecule has 1 amide bonds. The Morgan fingerprint density at radius 1 is 1.06 bits per heavy atom. The molecule has 0 fully saturated rings. The fourth-order valence-corrected chi connectivity index (χ4v) is 3.24. The van der Waals surface area contributed by atoms with Crippen LogP contribution in [0.1, 0.15) is 27.0 Å². The predicted octanol–water partition coefficient (Wildman–Crippen LogP) is 6.59. The smallest absolute Gasteiger partial charge is 0.417 e. The third kappa shape index (κ3) is 4.79. The van der Waals surface area contributed by atoms with Gasteiger partial charge >= 0.3 is 6.18 Å². The number of halogens is 4. The second-order valence-electron chi connectivity index (χ2n) is 6.63. The number of hydrogen-bond acceptors (Lipinski definition) is 4. The second kappa shape index (κ2) is 9.20. The summed E-state index contributed by atoms with van der Waals surface area (Å²) in [5.74, 6) is -0.933. The van der Waals surface area contributed by atoms with Crippen molar-refractivity contribution in [3.05, 3.63) is 81.9 Å². The third-order valence-corrected chi connectivity index (χ3v) is 5.03. The number of methoxy groups -OCH3 is 1. The molecule has 0 aliphatic rings. The Bertz CT molecular complexity index is 1210. The van der Waals surface area contributed by atoms with E-state index >= 15 is 0 Å². The standard InChI is InChI=1S/C23H16ClF3N2O3/c1-13-20(22(30)29-15-6-4-3-5-7-15)19(11-16(21(13)24)23(25,26)27)32-17-9-8-14(12-28)10-18(17)31-2/h3-11H,1-2H3,(H,29,30). The Balaban J connectivity index is 2.15. The van der Waals surface area contributed by atoms with Gasteiger partial charge in [-0.2, -0.15) is 18.4 Å². The van der Waals surface area contributed by atoms with Crippen molar-refractivity contribution >= 4 is 23.2 Å². The molecule has 3 rings (SSSR count). The number of ether oxygens (including phenoxy) is 2. The van der Waals surface area contributed by atoms with Crippen molar-refractivity contribution in [2.45, 2.75) is 13.1 Å². The molecule has 0 saturated carbocycles. The Hall–Kier alpha value is -3.70. The van der Waals surface area contributed by atoms with E-state index in [0.29, 0.717) is 11.8 Å². The summed E-state index contributed by atoms with van der Waals surface area (Å²) >= 11 is 5.99. The molecule has 0 aliphatic heterocycles. The lowest BCUT2D eigenvalue weighted by atomic mass is 10.0. The van der Waals surface area contributed by atoms with Crippen LogP contribution in [0.4, 0.5) is 18.9 Å². The van der Waals surface area contributed by atoms with E-state index in [-0.39, 0.29) is 33.9 Å². The second-order valence-corrected chi connectivity index (χ2v) is 7.01. The Labute approximate surface area is 187 Å². The fourth-order valence-electron chi connectivity index (χ4n) is 2.99. The highest BCUT2D eigenvalue weighted by Crippen LogP contribution is 2.43. The molecule has 0 bridgehead atoms. The van der Waals surface area contributed by atoms with Crippen LogP contribution < -0.4 is 14.8 Å². The number of amides is 1. The third-order valence-electron chi connectivity index (χ3n) is 4.54. The van der Waals surface area contributed by atoms with E-state index in [9.17, 15) is 18.0 Å².